The van der Waals surface area contributed by atoms with Crippen molar-refractivity contribution in [1.29, 1.82) is 0 Å². The van der Waals surface area contributed by atoms with Crippen LogP contribution in [0.15, 0.2) is 56.9 Å². The maximum atomic E-state index is 12.5. The van der Waals surface area contributed by atoms with Gasteiger partial charge in [0.05, 0.1) is 29.1 Å². The number of hydrogen-bond donors (Lipinski definition) is 2. The molecule has 0 atom stereocenters. The normalized spacial score (nSPS) is 14.7. The molecule has 0 aliphatic carbocycles. The van der Waals surface area contributed by atoms with Gasteiger partial charge in [-0.25, -0.2) is 4.68 Å². The number of carbonyl (C=O) groups excluding carboxylic acids is 2. The summed E-state index contributed by atoms with van der Waals surface area (Å²) in [6.07, 6.45) is 4.27. The van der Waals surface area contributed by atoms with E-state index in [1.807, 2.05) is 0 Å². The average molecular weight is 410 g/mol. The van der Waals surface area contributed by atoms with Crippen molar-refractivity contribution in [3.63, 3.8) is 0 Å². The second-order valence-corrected chi connectivity index (χ2v) is 7.34. The fourth-order valence-corrected chi connectivity index (χ4v) is 3.71. The average Bonchev–Trinajstić information content (AvgIpc) is 3.30. The summed E-state index contributed by atoms with van der Waals surface area (Å²) >= 11 is 0. The third-order valence-electron chi connectivity index (χ3n) is 5.36. The predicted octanol–water partition coefficient (Wildman–Crippen LogP) is 1.09. The van der Waals surface area contributed by atoms with Gasteiger partial charge in [-0.3, -0.25) is 24.3 Å². The number of hydrogen-bond acceptors (Lipinski definition) is 5. The number of rotatable bonds is 5. The third-order valence-corrected chi connectivity index (χ3v) is 5.36. The topological polar surface area (TPSA) is 117 Å². The molecule has 0 radical (unpaired) electrons. The van der Waals surface area contributed by atoms with E-state index < -0.39 is 0 Å². The summed E-state index contributed by atoms with van der Waals surface area (Å²) < 4.78 is 6.13. The molecule has 1 fully saturated rings. The van der Waals surface area contributed by atoms with E-state index in [1.54, 1.807) is 35.2 Å². The number of amides is 2. The van der Waals surface area contributed by atoms with Crippen LogP contribution in [0.4, 0.5) is 0 Å². The molecule has 1 aliphatic heterocycles. The van der Waals surface area contributed by atoms with Crippen LogP contribution in [0.3, 0.4) is 0 Å². The van der Waals surface area contributed by atoms with Gasteiger partial charge in [0.1, 0.15) is 6.26 Å². The first-order valence-electron chi connectivity index (χ1n) is 9.85. The van der Waals surface area contributed by atoms with Gasteiger partial charge in [-0.1, -0.05) is 12.1 Å². The van der Waals surface area contributed by atoms with Crippen molar-refractivity contribution in [1.82, 2.24) is 20.0 Å². The molecule has 2 amide bonds. The molecule has 2 aromatic heterocycles. The van der Waals surface area contributed by atoms with Crippen LogP contribution < -0.4 is 16.4 Å². The summed E-state index contributed by atoms with van der Waals surface area (Å²) in [5.74, 6) is -0.274. The van der Waals surface area contributed by atoms with Crippen LogP contribution in [0, 0.1) is 0 Å². The van der Waals surface area contributed by atoms with E-state index in [0.29, 0.717) is 42.3 Å². The molecule has 1 saturated heterocycles. The van der Waals surface area contributed by atoms with E-state index in [4.69, 9.17) is 4.42 Å². The summed E-state index contributed by atoms with van der Waals surface area (Å²) in [4.78, 5) is 51.0. The van der Waals surface area contributed by atoms with E-state index in [2.05, 4.69) is 10.4 Å². The van der Waals surface area contributed by atoms with Gasteiger partial charge in [-0.15, -0.1) is 0 Å². The summed E-state index contributed by atoms with van der Waals surface area (Å²) in [6.45, 7) is 1.18. The first-order valence-corrected chi connectivity index (χ1v) is 9.85. The Labute approximate surface area is 171 Å². The van der Waals surface area contributed by atoms with Crippen molar-refractivity contribution in [3.8, 4) is 0 Å². The van der Waals surface area contributed by atoms with Crippen molar-refractivity contribution < 1.29 is 14.0 Å². The van der Waals surface area contributed by atoms with Crippen LogP contribution in [0.25, 0.3) is 10.8 Å². The summed E-state index contributed by atoms with van der Waals surface area (Å²) in [5.41, 5.74) is -0.170. The molecule has 9 nitrogen and oxygen atoms in total. The Kier molecular flexibility index (Phi) is 5.51. The van der Waals surface area contributed by atoms with Crippen LogP contribution in [0.5, 0.6) is 0 Å². The number of H-pyrrole nitrogens is 1. The van der Waals surface area contributed by atoms with Gasteiger partial charge >= 0.3 is 0 Å². The summed E-state index contributed by atoms with van der Waals surface area (Å²) in [5, 5.41) is 6.14. The predicted molar refractivity (Wildman–Crippen MR) is 109 cm³/mol. The number of likely N-dealkylation sites (tertiary alicyclic amines) is 1. The molecule has 1 aliphatic rings. The number of aryl methyl sites for hydroxylation is 1. The van der Waals surface area contributed by atoms with Crippen LogP contribution >= 0.6 is 0 Å². The highest BCUT2D eigenvalue weighted by Crippen LogP contribution is 2.14. The molecule has 30 heavy (non-hydrogen) atoms. The fourth-order valence-electron chi connectivity index (χ4n) is 3.71. The SMILES string of the molecule is O=C(CCn1[nH]c(=O)c2ccccc2c1=O)NC1CCN(C(=O)c2ccoc2)CC1. The molecule has 0 saturated carbocycles. The Balaban J connectivity index is 1.30. The lowest BCUT2D eigenvalue weighted by molar-refractivity contribution is -0.122. The molecule has 0 spiro atoms. The third kappa shape index (κ3) is 4.05. The zero-order valence-electron chi connectivity index (χ0n) is 16.3. The van der Waals surface area contributed by atoms with Crippen molar-refractivity contribution >= 4 is 22.6 Å². The van der Waals surface area contributed by atoms with Gasteiger partial charge in [0.15, 0.2) is 0 Å². The van der Waals surface area contributed by atoms with E-state index in [0.717, 1.165) is 0 Å². The van der Waals surface area contributed by atoms with Gasteiger partial charge in [0.25, 0.3) is 17.0 Å². The molecular weight excluding hydrogens is 388 g/mol. The van der Waals surface area contributed by atoms with Gasteiger partial charge in [0, 0.05) is 25.6 Å². The molecule has 156 valence electrons. The van der Waals surface area contributed by atoms with Crippen molar-refractivity contribution in [2.75, 3.05) is 13.1 Å². The first kappa shape index (κ1) is 19.7. The van der Waals surface area contributed by atoms with Crippen molar-refractivity contribution in [2.24, 2.45) is 0 Å². The highest BCUT2D eigenvalue weighted by atomic mass is 16.3. The molecule has 2 N–H and O–H groups in total. The number of aromatic nitrogens is 2. The Bertz CT molecular complexity index is 1170. The van der Waals surface area contributed by atoms with E-state index >= 15 is 0 Å². The van der Waals surface area contributed by atoms with Gasteiger partial charge < -0.3 is 14.6 Å². The minimum absolute atomic E-state index is 0.0294. The number of carbonyl (C=O) groups is 2. The molecule has 4 rings (SSSR count). The number of piperidine rings is 1. The lowest BCUT2D eigenvalue weighted by atomic mass is 10.0. The number of furan rings is 1. The van der Waals surface area contributed by atoms with Gasteiger partial charge in [0.2, 0.25) is 5.91 Å². The number of nitrogens with one attached hydrogen (secondary N) is 2. The smallest absolute Gasteiger partial charge is 0.273 e. The first-order chi connectivity index (χ1) is 14.5. The minimum atomic E-state index is -0.361. The monoisotopic (exact) mass is 410 g/mol. The minimum Gasteiger partial charge on any atom is -0.472 e. The van der Waals surface area contributed by atoms with Gasteiger partial charge in [-0.05, 0) is 31.0 Å². The Hall–Kier alpha value is -3.62. The maximum absolute atomic E-state index is 12.5. The molecule has 9 heteroatoms. The highest BCUT2D eigenvalue weighted by Gasteiger charge is 2.25. The number of fused-ring (bicyclic) bond motifs is 1. The lowest BCUT2D eigenvalue weighted by Gasteiger charge is -2.32. The molecule has 0 unspecified atom stereocenters. The van der Waals surface area contributed by atoms with Crippen LogP contribution in [0.2, 0.25) is 0 Å². The number of aromatic amines is 1. The lowest BCUT2D eigenvalue weighted by Crippen LogP contribution is -2.46. The Morgan fingerprint density at radius 1 is 1.10 bits per heavy atom. The molecule has 1 aromatic carbocycles. The second-order valence-electron chi connectivity index (χ2n) is 7.34. The van der Waals surface area contributed by atoms with Crippen molar-refractivity contribution in [2.45, 2.75) is 31.8 Å². The van der Waals surface area contributed by atoms with Crippen LogP contribution in [0.1, 0.15) is 29.6 Å². The van der Waals surface area contributed by atoms with Crippen molar-refractivity contribution in [3.05, 3.63) is 69.1 Å². The van der Waals surface area contributed by atoms with Crippen LogP contribution in [-0.4, -0.2) is 45.6 Å². The summed E-state index contributed by atoms with van der Waals surface area (Å²) in [7, 11) is 0. The highest BCUT2D eigenvalue weighted by molar-refractivity contribution is 5.93. The molecule has 0 bridgehead atoms. The zero-order valence-corrected chi connectivity index (χ0v) is 16.3. The quantitative estimate of drug-likeness (QED) is 0.653. The maximum Gasteiger partial charge on any atom is 0.273 e. The molecular formula is C21H22N4O5. The summed E-state index contributed by atoms with van der Waals surface area (Å²) in [6, 6.07) is 8.19. The second kappa shape index (κ2) is 8.40. The fraction of sp³-hybridized carbons (Fsp3) is 0.333. The zero-order chi connectivity index (χ0) is 21.1. The number of benzene rings is 1. The number of nitrogens with zero attached hydrogens (tertiary/aromatic N) is 2. The molecule has 3 aromatic rings. The Morgan fingerprint density at radius 2 is 1.83 bits per heavy atom. The Morgan fingerprint density at radius 3 is 2.53 bits per heavy atom. The largest absolute Gasteiger partial charge is 0.472 e. The van der Waals surface area contributed by atoms with Gasteiger partial charge in [-0.2, -0.15) is 0 Å². The van der Waals surface area contributed by atoms with E-state index in [9.17, 15) is 19.2 Å². The van der Waals surface area contributed by atoms with E-state index in [-0.39, 0.29) is 41.9 Å². The van der Waals surface area contributed by atoms with Crippen LogP contribution in [-0.2, 0) is 11.3 Å². The van der Waals surface area contributed by atoms with E-state index in [1.165, 1.54) is 17.2 Å². The standard InChI is InChI=1S/C21H22N4O5/c26-18(7-11-25-21(29)17-4-2-1-3-16(17)19(27)23-25)22-15-5-9-24(10-6-15)20(28)14-8-12-30-13-14/h1-4,8,12-13,15H,5-7,9-11H2,(H,22,26)(H,23,27). The molecule has 3 heterocycles.